The highest BCUT2D eigenvalue weighted by molar-refractivity contribution is 8.00. The first-order valence-electron chi connectivity index (χ1n) is 11.5. The first-order valence-corrected chi connectivity index (χ1v) is 12.5. The minimum atomic E-state index is -0.281. The molecule has 0 aromatic heterocycles. The first-order chi connectivity index (χ1) is 15.3. The molecule has 32 heavy (non-hydrogen) atoms. The molecule has 0 saturated carbocycles. The first kappa shape index (κ1) is 29.1. The van der Waals surface area contributed by atoms with E-state index in [-0.39, 0.29) is 46.6 Å². The third-order valence-electron chi connectivity index (χ3n) is 5.44. The number of hydrogen-bond acceptors (Lipinski definition) is 8. The largest absolute Gasteiger partial charge is 0.463 e. The number of ether oxygens (including phenoxy) is 5. The van der Waals surface area contributed by atoms with Crippen LogP contribution >= 0.6 is 11.8 Å². The highest BCUT2D eigenvalue weighted by Gasteiger charge is 2.39. The van der Waals surface area contributed by atoms with Crippen LogP contribution in [0.5, 0.6) is 0 Å². The van der Waals surface area contributed by atoms with Crippen molar-refractivity contribution in [2.75, 3.05) is 65.7 Å². The Hall–Kier alpha value is -0.930. The van der Waals surface area contributed by atoms with Crippen molar-refractivity contribution in [2.24, 2.45) is 17.3 Å². The summed E-state index contributed by atoms with van der Waals surface area (Å²) in [5.41, 5.74) is -0.0164. The fourth-order valence-electron chi connectivity index (χ4n) is 3.88. The molecule has 0 N–H and O–H groups in total. The van der Waals surface area contributed by atoms with Gasteiger partial charge in [-0.05, 0) is 17.8 Å². The molecule has 0 saturated heterocycles. The molecule has 3 unspecified atom stereocenters. The van der Waals surface area contributed by atoms with Crippen molar-refractivity contribution < 1.29 is 33.3 Å². The lowest BCUT2D eigenvalue weighted by molar-refractivity contribution is -0.142. The maximum atomic E-state index is 12.9. The summed E-state index contributed by atoms with van der Waals surface area (Å²) in [7, 11) is 1.63. The summed E-state index contributed by atoms with van der Waals surface area (Å²) in [5, 5.41) is 0.0795. The third kappa shape index (κ3) is 12.3. The van der Waals surface area contributed by atoms with Gasteiger partial charge in [0.2, 0.25) is 0 Å². The molecule has 0 aromatic rings. The molecule has 0 radical (unpaired) electrons. The van der Waals surface area contributed by atoms with E-state index in [0.717, 1.165) is 6.42 Å². The molecule has 3 atom stereocenters. The molecule has 0 fully saturated rings. The Kier molecular flexibility index (Phi) is 15.1. The highest BCUT2D eigenvalue weighted by Crippen LogP contribution is 2.42. The normalized spacial score (nSPS) is 20.8. The van der Waals surface area contributed by atoms with Gasteiger partial charge in [-0.2, -0.15) is 0 Å². The summed E-state index contributed by atoms with van der Waals surface area (Å²) in [4.78, 5) is 24.8. The molecule has 7 nitrogen and oxygen atoms in total. The van der Waals surface area contributed by atoms with Crippen molar-refractivity contribution in [1.82, 2.24) is 0 Å². The van der Waals surface area contributed by atoms with Crippen LogP contribution in [0.4, 0.5) is 0 Å². The molecule has 8 heteroatoms. The van der Waals surface area contributed by atoms with Crippen molar-refractivity contribution in [1.29, 1.82) is 0 Å². The number of Topliss-reactive ketones (excluding diaryl/α,β-unsaturated/α-hetero) is 1. The second kappa shape index (κ2) is 16.6. The molecular formula is C24H42O7S. The number of ketones is 1. The molecule has 1 aliphatic carbocycles. The fraction of sp³-hybridized carbons (Fsp3) is 0.833. The fourth-order valence-corrected chi connectivity index (χ4v) is 4.67. The van der Waals surface area contributed by atoms with Crippen LogP contribution in [-0.4, -0.2) is 82.7 Å². The SMILES string of the molecule is COCCOCCOCCOCCOC(=O)CSC(C)CC(=O)C1C(C)C=CCC1(C)C. The number of esters is 1. The van der Waals surface area contributed by atoms with Gasteiger partial charge < -0.3 is 23.7 Å². The topological polar surface area (TPSA) is 80.3 Å². The average Bonchev–Trinajstić information content (AvgIpc) is 2.72. The number of thioether (sulfide) groups is 1. The Morgan fingerprint density at radius 1 is 1.00 bits per heavy atom. The number of rotatable bonds is 18. The Morgan fingerprint density at radius 2 is 1.56 bits per heavy atom. The molecule has 0 aliphatic heterocycles. The summed E-state index contributed by atoms with van der Waals surface area (Å²) < 4.78 is 26.1. The van der Waals surface area contributed by atoms with Crippen molar-refractivity contribution in [3.05, 3.63) is 12.2 Å². The van der Waals surface area contributed by atoms with Gasteiger partial charge in [0.25, 0.3) is 0 Å². The minimum absolute atomic E-state index is 0.0164. The lowest BCUT2D eigenvalue weighted by Crippen LogP contribution is -2.38. The van der Waals surface area contributed by atoms with Crippen molar-refractivity contribution in [3.8, 4) is 0 Å². The van der Waals surface area contributed by atoms with E-state index < -0.39 is 0 Å². The summed E-state index contributed by atoms with van der Waals surface area (Å²) in [5.74, 6) is 0.540. The van der Waals surface area contributed by atoms with E-state index in [0.29, 0.717) is 52.7 Å². The second-order valence-corrected chi connectivity index (χ2v) is 10.2. The van der Waals surface area contributed by atoms with Gasteiger partial charge in [-0.25, -0.2) is 0 Å². The van der Waals surface area contributed by atoms with Gasteiger partial charge in [-0.3, -0.25) is 9.59 Å². The van der Waals surface area contributed by atoms with Crippen LogP contribution in [0.1, 0.15) is 40.5 Å². The van der Waals surface area contributed by atoms with Crippen LogP contribution in [-0.2, 0) is 33.3 Å². The van der Waals surface area contributed by atoms with Gasteiger partial charge in [0, 0.05) is 24.7 Å². The Bertz CT molecular complexity index is 565. The van der Waals surface area contributed by atoms with Gasteiger partial charge in [0.1, 0.15) is 12.4 Å². The molecule has 0 heterocycles. The second-order valence-electron chi connectivity index (χ2n) is 8.80. The molecule has 0 spiro atoms. The van der Waals surface area contributed by atoms with Crippen LogP contribution < -0.4 is 0 Å². The number of carbonyl (C=O) groups is 2. The van der Waals surface area contributed by atoms with Crippen LogP contribution in [0.2, 0.25) is 0 Å². The smallest absolute Gasteiger partial charge is 0.315 e. The minimum Gasteiger partial charge on any atom is -0.463 e. The standard InChI is InChI=1S/C24H42O7S/c1-19-7-6-8-24(3,4)23(19)21(25)17-20(2)32-18-22(26)31-16-15-30-14-13-29-12-11-28-10-9-27-5/h6-7,19-20,23H,8-18H2,1-5H3. The predicted octanol–water partition coefficient (Wildman–Crippen LogP) is 3.55. The average molecular weight is 475 g/mol. The Morgan fingerprint density at radius 3 is 2.12 bits per heavy atom. The molecule has 1 rings (SSSR count). The van der Waals surface area contributed by atoms with E-state index in [1.54, 1.807) is 7.11 Å². The predicted molar refractivity (Wildman–Crippen MR) is 127 cm³/mol. The van der Waals surface area contributed by atoms with Gasteiger partial charge >= 0.3 is 5.97 Å². The molecule has 0 bridgehead atoms. The summed E-state index contributed by atoms with van der Waals surface area (Å²) in [6.45, 7) is 12.1. The van der Waals surface area contributed by atoms with Crippen LogP contribution in [0.25, 0.3) is 0 Å². The maximum absolute atomic E-state index is 12.9. The van der Waals surface area contributed by atoms with E-state index in [4.69, 9.17) is 23.7 Å². The lowest BCUT2D eigenvalue weighted by atomic mass is 9.65. The molecule has 186 valence electrons. The molecule has 0 amide bonds. The van der Waals surface area contributed by atoms with Crippen molar-refractivity contribution >= 4 is 23.5 Å². The van der Waals surface area contributed by atoms with Crippen LogP contribution in [0.15, 0.2) is 12.2 Å². The van der Waals surface area contributed by atoms with E-state index in [1.165, 1.54) is 11.8 Å². The van der Waals surface area contributed by atoms with Crippen molar-refractivity contribution in [3.63, 3.8) is 0 Å². The van der Waals surface area contributed by atoms with E-state index in [2.05, 4.69) is 32.9 Å². The van der Waals surface area contributed by atoms with Gasteiger partial charge in [0.15, 0.2) is 0 Å². The van der Waals surface area contributed by atoms with Gasteiger partial charge in [-0.1, -0.05) is 39.8 Å². The zero-order valence-electron chi connectivity index (χ0n) is 20.4. The quantitative estimate of drug-likeness (QED) is 0.170. The highest BCUT2D eigenvalue weighted by atomic mass is 32.2. The summed E-state index contributed by atoms with van der Waals surface area (Å²) in [6.07, 6.45) is 5.74. The third-order valence-corrected chi connectivity index (χ3v) is 6.58. The van der Waals surface area contributed by atoms with Crippen LogP contribution in [0.3, 0.4) is 0 Å². The number of carbonyl (C=O) groups excluding carboxylic acids is 2. The zero-order valence-corrected chi connectivity index (χ0v) is 21.2. The lowest BCUT2D eigenvalue weighted by Gasteiger charge is -2.39. The zero-order chi connectivity index (χ0) is 23.8. The van der Waals surface area contributed by atoms with E-state index in [1.807, 2.05) is 6.92 Å². The number of allylic oxidation sites excluding steroid dienone is 2. The molecule has 0 aromatic carbocycles. The van der Waals surface area contributed by atoms with E-state index >= 15 is 0 Å². The van der Waals surface area contributed by atoms with Gasteiger partial charge in [0.05, 0.1) is 52.0 Å². The van der Waals surface area contributed by atoms with Gasteiger partial charge in [-0.15, -0.1) is 11.8 Å². The molecular weight excluding hydrogens is 432 g/mol. The van der Waals surface area contributed by atoms with E-state index in [9.17, 15) is 9.59 Å². The summed E-state index contributed by atoms with van der Waals surface area (Å²) in [6, 6.07) is 0. The number of methoxy groups -OCH3 is 1. The summed E-state index contributed by atoms with van der Waals surface area (Å²) >= 11 is 1.47. The molecule has 1 aliphatic rings. The maximum Gasteiger partial charge on any atom is 0.315 e. The Balaban J connectivity index is 2.05. The van der Waals surface area contributed by atoms with Crippen LogP contribution in [0, 0.1) is 17.3 Å². The Labute approximate surface area is 197 Å². The van der Waals surface area contributed by atoms with Crippen molar-refractivity contribution in [2.45, 2.75) is 45.8 Å². The number of hydrogen-bond donors (Lipinski definition) is 0. The monoisotopic (exact) mass is 474 g/mol.